The fourth-order valence-electron chi connectivity index (χ4n) is 2.63. The van der Waals surface area contributed by atoms with Crippen LogP contribution in [0.5, 0.6) is 0 Å². The zero-order valence-electron chi connectivity index (χ0n) is 13.1. The van der Waals surface area contributed by atoms with E-state index in [4.69, 9.17) is 5.10 Å². The minimum absolute atomic E-state index is 0.442. The van der Waals surface area contributed by atoms with Gasteiger partial charge in [-0.15, -0.1) is 0 Å². The highest BCUT2D eigenvalue weighted by atomic mass is 32.2. The summed E-state index contributed by atoms with van der Waals surface area (Å²) in [5.74, 6) is 2.34. The van der Waals surface area contributed by atoms with Gasteiger partial charge in [-0.3, -0.25) is 4.68 Å². The van der Waals surface area contributed by atoms with Gasteiger partial charge in [0.1, 0.15) is 0 Å². The van der Waals surface area contributed by atoms with Crippen molar-refractivity contribution in [2.75, 3.05) is 18.6 Å². The van der Waals surface area contributed by atoms with Crippen LogP contribution in [0.3, 0.4) is 0 Å². The maximum Gasteiger partial charge on any atom is 0.0672 e. The number of nitrogens with zero attached hydrogens (tertiary/aromatic N) is 2. The topological polar surface area (TPSA) is 29.9 Å². The highest BCUT2D eigenvalue weighted by Crippen LogP contribution is 2.26. The summed E-state index contributed by atoms with van der Waals surface area (Å²) in [4.78, 5) is 0. The van der Waals surface area contributed by atoms with Gasteiger partial charge in [-0.05, 0) is 32.1 Å². The van der Waals surface area contributed by atoms with E-state index in [-0.39, 0.29) is 0 Å². The second kappa shape index (κ2) is 8.64. The molecular formula is C15H29N3S. The van der Waals surface area contributed by atoms with Gasteiger partial charge in [0.15, 0.2) is 0 Å². The van der Waals surface area contributed by atoms with E-state index in [0.717, 1.165) is 31.6 Å². The summed E-state index contributed by atoms with van der Waals surface area (Å²) in [6, 6.07) is 0.442. The molecule has 19 heavy (non-hydrogen) atoms. The summed E-state index contributed by atoms with van der Waals surface area (Å²) < 4.78 is 2.25. The van der Waals surface area contributed by atoms with Gasteiger partial charge in [0.25, 0.3) is 0 Å². The summed E-state index contributed by atoms with van der Waals surface area (Å²) in [5, 5.41) is 8.29. The standard InChI is InChI=1S/C15H29N3S/c1-6-12(16-5)15-13(7-2)17-18(14(15)8-3)10-11-19-9-4/h12,16H,6-11H2,1-5H3. The number of hydrogen-bond donors (Lipinski definition) is 1. The van der Waals surface area contributed by atoms with Crippen molar-refractivity contribution in [2.24, 2.45) is 0 Å². The van der Waals surface area contributed by atoms with Gasteiger partial charge >= 0.3 is 0 Å². The van der Waals surface area contributed by atoms with Crippen molar-refractivity contribution >= 4 is 11.8 Å². The fraction of sp³-hybridized carbons (Fsp3) is 0.800. The number of aromatic nitrogens is 2. The van der Waals surface area contributed by atoms with E-state index < -0.39 is 0 Å². The maximum atomic E-state index is 4.85. The number of nitrogens with one attached hydrogen (secondary N) is 1. The quantitative estimate of drug-likeness (QED) is 0.704. The lowest BCUT2D eigenvalue weighted by molar-refractivity contribution is 0.562. The molecule has 0 aliphatic carbocycles. The molecule has 3 nitrogen and oxygen atoms in total. The second-order valence-electron chi connectivity index (χ2n) is 4.68. The van der Waals surface area contributed by atoms with Crippen LogP contribution in [-0.4, -0.2) is 28.3 Å². The molecule has 0 spiro atoms. The molecule has 1 aromatic heterocycles. The van der Waals surface area contributed by atoms with E-state index in [1.807, 2.05) is 11.8 Å². The van der Waals surface area contributed by atoms with Crippen LogP contribution >= 0.6 is 11.8 Å². The highest BCUT2D eigenvalue weighted by Gasteiger charge is 2.21. The molecule has 1 atom stereocenters. The molecular weight excluding hydrogens is 254 g/mol. The van der Waals surface area contributed by atoms with Gasteiger partial charge in [0.2, 0.25) is 0 Å². The Morgan fingerprint density at radius 1 is 1.21 bits per heavy atom. The third-order valence-electron chi connectivity index (χ3n) is 3.60. The SMILES string of the molecule is CCSCCn1nc(CC)c(C(CC)NC)c1CC. The normalized spacial score (nSPS) is 12.9. The molecule has 0 fully saturated rings. The molecule has 1 N–H and O–H groups in total. The van der Waals surface area contributed by atoms with E-state index in [0.29, 0.717) is 6.04 Å². The average Bonchev–Trinajstić information content (AvgIpc) is 2.78. The molecule has 110 valence electrons. The maximum absolute atomic E-state index is 4.85. The molecule has 0 amide bonds. The van der Waals surface area contributed by atoms with Crippen LogP contribution in [0.15, 0.2) is 0 Å². The zero-order chi connectivity index (χ0) is 14.3. The Morgan fingerprint density at radius 2 is 1.95 bits per heavy atom. The van der Waals surface area contributed by atoms with Crippen LogP contribution in [0.25, 0.3) is 0 Å². The van der Waals surface area contributed by atoms with Crippen molar-refractivity contribution in [1.82, 2.24) is 15.1 Å². The average molecular weight is 283 g/mol. The molecule has 0 aliphatic heterocycles. The molecule has 4 heteroatoms. The van der Waals surface area contributed by atoms with Gasteiger partial charge < -0.3 is 5.32 Å². The number of thioether (sulfide) groups is 1. The third kappa shape index (κ3) is 3.99. The number of aryl methyl sites for hydroxylation is 2. The Balaban J connectivity index is 3.05. The molecule has 0 radical (unpaired) electrons. The van der Waals surface area contributed by atoms with Gasteiger partial charge in [-0.1, -0.05) is 27.7 Å². The van der Waals surface area contributed by atoms with Crippen LogP contribution < -0.4 is 5.32 Å². The Kier molecular flexibility index (Phi) is 7.54. The monoisotopic (exact) mass is 283 g/mol. The van der Waals surface area contributed by atoms with Crippen molar-refractivity contribution < 1.29 is 0 Å². The lowest BCUT2D eigenvalue weighted by Gasteiger charge is -2.16. The summed E-state index contributed by atoms with van der Waals surface area (Å²) >= 11 is 1.99. The largest absolute Gasteiger partial charge is 0.313 e. The van der Waals surface area contributed by atoms with E-state index >= 15 is 0 Å². The molecule has 1 unspecified atom stereocenters. The Labute approximate surface area is 122 Å². The zero-order valence-corrected chi connectivity index (χ0v) is 13.9. The number of rotatable bonds is 9. The summed E-state index contributed by atoms with van der Waals surface area (Å²) in [6.07, 6.45) is 3.21. The highest BCUT2D eigenvalue weighted by molar-refractivity contribution is 7.99. The van der Waals surface area contributed by atoms with E-state index in [2.05, 4.69) is 44.7 Å². The first-order valence-corrected chi connectivity index (χ1v) is 8.72. The first-order valence-electron chi connectivity index (χ1n) is 7.56. The van der Waals surface area contributed by atoms with Crippen LogP contribution in [0.2, 0.25) is 0 Å². The molecule has 0 aromatic carbocycles. The minimum atomic E-state index is 0.442. The van der Waals surface area contributed by atoms with Gasteiger partial charge in [0.05, 0.1) is 12.2 Å². The number of hydrogen-bond acceptors (Lipinski definition) is 3. The Bertz CT molecular complexity index is 370. The van der Waals surface area contributed by atoms with Gasteiger partial charge in [-0.2, -0.15) is 16.9 Å². The Morgan fingerprint density at radius 3 is 2.42 bits per heavy atom. The fourth-order valence-corrected chi connectivity index (χ4v) is 3.23. The molecule has 0 bridgehead atoms. The predicted octanol–water partition coefficient (Wildman–Crippen LogP) is 3.43. The second-order valence-corrected chi connectivity index (χ2v) is 6.08. The van der Waals surface area contributed by atoms with Crippen LogP contribution in [0, 0.1) is 0 Å². The van der Waals surface area contributed by atoms with Crippen LogP contribution in [0.1, 0.15) is 57.1 Å². The molecule has 1 aromatic rings. The molecule has 0 saturated heterocycles. The third-order valence-corrected chi connectivity index (χ3v) is 4.48. The predicted molar refractivity (Wildman–Crippen MR) is 86.1 cm³/mol. The lowest BCUT2D eigenvalue weighted by Crippen LogP contribution is -2.18. The van der Waals surface area contributed by atoms with Crippen LogP contribution in [0.4, 0.5) is 0 Å². The van der Waals surface area contributed by atoms with Crippen molar-refractivity contribution in [3.63, 3.8) is 0 Å². The van der Waals surface area contributed by atoms with Gasteiger partial charge in [0, 0.05) is 23.1 Å². The summed E-state index contributed by atoms with van der Waals surface area (Å²) in [6.45, 7) is 9.94. The smallest absolute Gasteiger partial charge is 0.0672 e. The molecule has 0 aliphatic rings. The van der Waals surface area contributed by atoms with E-state index in [9.17, 15) is 0 Å². The molecule has 1 heterocycles. The van der Waals surface area contributed by atoms with E-state index in [1.165, 1.54) is 22.7 Å². The van der Waals surface area contributed by atoms with Crippen LogP contribution in [-0.2, 0) is 19.4 Å². The summed E-state index contributed by atoms with van der Waals surface area (Å²) in [5.41, 5.74) is 4.16. The molecule has 0 saturated carbocycles. The van der Waals surface area contributed by atoms with Crippen molar-refractivity contribution in [1.29, 1.82) is 0 Å². The summed E-state index contributed by atoms with van der Waals surface area (Å²) in [7, 11) is 2.05. The van der Waals surface area contributed by atoms with Crippen molar-refractivity contribution in [2.45, 2.75) is 59.5 Å². The first-order chi connectivity index (χ1) is 9.23. The van der Waals surface area contributed by atoms with E-state index in [1.54, 1.807) is 0 Å². The first kappa shape index (κ1) is 16.6. The minimum Gasteiger partial charge on any atom is -0.313 e. The lowest BCUT2D eigenvalue weighted by atomic mass is 9.99. The van der Waals surface area contributed by atoms with Crippen molar-refractivity contribution in [3.05, 3.63) is 17.0 Å². The Hall–Kier alpha value is -0.480. The van der Waals surface area contributed by atoms with Crippen molar-refractivity contribution in [3.8, 4) is 0 Å². The van der Waals surface area contributed by atoms with Gasteiger partial charge in [-0.25, -0.2) is 0 Å². The molecule has 1 rings (SSSR count).